The van der Waals surface area contributed by atoms with Crippen molar-refractivity contribution in [1.82, 2.24) is 24.9 Å². The first-order chi connectivity index (χ1) is 12.2. The first-order valence-electron chi connectivity index (χ1n) is 8.44. The third kappa shape index (κ3) is 2.91. The van der Waals surface area contributed by atoms with Crippen molar-refractivity contribution in [2.24, 2.45) is 0 Å². The molecule has 2 aromatic heterocycles. The second-order valence-corrected chi connectivity index (χ2v) is 6.20. The van der Waals surface area contributed by atoms with E-state index in [2.05, 4.69) is 15.2 Å². The maximum atomic E-state index is 13.1. The van der Waals surface area contributed by atoms with Crippen molar-refractivity contribution in [1.29, 1.82) is 0 Å². The van der Waals surface area contributed by atoms with Crippen LogP contribution in [-0.4, -0.2) is 37.3 Å². The quantitative estimate of drug-likeness (QED) is 0.739. The highest BCUT2D eigenvalue weighted by molar-refractivity contribution is 5.93. The molecule has 0 saturated carbocycles. The number of amides is 1. The molecule has 4 rings (SSSR count). The number of hydrogen-bond donors (Lipinski definition) is 0. The van der Waals surface area contributed by atoms with Crippen molar-refractivity contribution >= 4 is 5.91 Å². The van der Waals surface area contributed by atoms with Gasteiger partial charge >= 0.3 is 0 Å². The SMILES string of the molecule is Cc1nn(-c2ccccc2)nc1C(=O)N1CCCC1c1ccncc1. The lowest BCUT2D eigenvalue weighted by Crippen LogP contribution is -2.31. The molecule has 0 aliphatic carbocycles. The number of aryl methyl sites for hydroxylation is 1. The van der Waals surface area contributed by atoms with E-state index in [1.807, 2.05) is 54.3 Å². The molecule has 0 N–H and O–H groups in total. The van der Waals surface area contributed by atoms with E-state index in [-0.39, 0.29) is 11.9 Å². The molecule has 0 radical (unpaired) electrons. The Bertz CT molecular complexity index is 875. The summed E-state index contributed by atoms with van der Waals surface area (Å²) in [6.07, 6.45) is 5.49. The van der Waals surface area contributed by atoms with E-state index >= 15 is 0 Å². The van der Waals surface area contributed by atoms with Crippen LogP contribution in [0.25, 0.3) is 5.69 Å². The van der Waals surface area contributed by atoms with E-state index in [0.29, 0.717) is 11.4 Å². The van der Waals surface area contributed by atoms with Crippen LogP contribution in [0.5, 0.6) is 0 Å². The Morgan fingerprint density at radius 2 is 1.84 bits per heavy atom. The molecule has 6 heteroatoms. The number of para-hydroxylation sites is 1. The minimum atomic E-state index is -0.0565. The van der Waals surface area contributed by atoms with Gasteiger partial charge < -0.3 is 4.90 Å². The van der Waals surface area contributed by atoms with Gasteiger partial charge in [-0.05, 0) is 49.6 Å². The Hall–Kier alpha value is -3.02. The number of hydrogen-bond acceptors (Lipinski definition) is 4. The highest BCUT2D eigenvalue weighted by Gasteiger charge is 2.33. The molecular weight excluding hydrogens is 314 g/mol. The molecule has 3 heterocycles. The fourth-order valence-electron chi connectivity index (χ4n) is 3.33. The normalized spacial score (nSPS) is 17.0. The van der Waals surface area contributed by atoms with Crippen molar-refractivity contribution < 1.29 is 4.79 Å². The van der Waals surface area contributed by atoms with Gasteiger partial charge in [0.2, 0.25) is 0 Å². The zero-order chi connectivity index (χ0) is 17.2. The lowest BCUT2D eigenvalue weighted by molar-refractivity contribution is 0.0728. The van der Waals surface area contributed by atoms with Gasteiger partial charge in [-0.2, -0.15) is 9.90 Å². The Labute approximate surface area is 146 Å². The third-order valence-corrected chi connectivity index (χ3v) is 4.58. The molecule has 1 unspecified atom stereocenters. The molecule has 1 aliphatic heterocycles. The Kier molecular flexibility index (Phi) is 4.01. The lowest BCUT2D eigenvalue weighted by atomic mass is 10.1. The van der Waals surface area contributed by atoms with Crippen LogP contribution in [0, 0.1) is 6.92 Å². The van der Waals surface area contributed by atoms with E-state index in [9.17, 15) is 4.79 Å². The number of benzene rings is 1. The molecule has 1 atom stereocenters. The minimum Gasteiger partial charge on any atom is -0.330 e. The smallest absolute Gasteiger partial charge is 0.276 e. The second kappa shape index (κ2) is 6.47. The van der Waals surface area contributed by atoms with Crippen LogP contribution in [0.15, 0.2) is 54.9 Å². The van der Waals surface area contributed by atoms with Crippen molar-refractivity contribution in [3.05, 3.63) is 71.8 Å². The molecule has 1 saturated heterocycles. The van der Waals surface area contributed by atoms with Gasteiger partial charge in [0.05, 0.1) is 17.4 Å². The molecular formula is C19H19N5O. The van der Waals surface area contributed by atoms with Crippen LogP contribution in [0.1, 0.15) is 40.6 Å². The largest absolute Gasteiger partial charge is 0.330 e. The van der Waals surface area contributed by atoms with E-state index in [4.69, 9.17) is 0 Å². The van der Waals surface area contributed by atoms with Crippen LogP contribution in [0.4, 0.5) is 0 Å². The van der Waals surface area contributed by atoms with Crippen molar-refractivity contribution in [2.75, 3.05) is 6.54 Å². The van der Waals surface area contributed by atoms with Gasteiger partial charge in [-0.3, -0.25) is 9.78 Å². The average molecular weight is 333 g/mol. The summed E-state index contributed by atoms with van der Waals surface area (Å²) >= 11 is 0. The predicted molar refractivity (Wildman–Crippen MR) is 93.3 cm³/mol. The maximum Gasteiger partial charge on any atom is 0.276 e. The molecule has 0 bridgehead atoms. The summed E-state index contributed by atoms with van der Waals surface area (Å²) in [5.41, 5.74) is 3.03. The standard InChI is InChI=1S/C19H19N5O/c1-14-18(22-24(21-14)16-6-3-2-4-7-16)19(25)23-13-5-8-17(23)15-9-11-20-12-10-15/h2-4,6-7,9-12,17H,5,8,13H2,1H3. The maximum absolute atomic E-state index is 13.1. The van der Waals surface area contributed by atoms with Crippen LogP contribution >= 0.6 is 0 Å². The number of nitrogens with zero attached hydrogens (tertiary/aromatic N) is 5. The molecule has 6 nitrogen and oxygen atoms in total. The number of rotatable bonds is 3. The Balaban J connectivity index is 1.64. The van der Waals surface area contributed by atoms with Gasteiger partial charge in [-0.25, -0.2) is 0 Å². The van der Waals surface area contributed by atoms with E-state index in [1.165, 1.54) is 4.80 Å². The fourth-order valence-corrected chi connectivity index (χ4v) is 3.33. The van der Waals surface area contributed by atoms with Gasteiger partial charge in [-0.15, -0.1) is 5.10 Å². The summed E-state index contributed by atoms with van der Waals surface area (Å²) in [5, 5.41) is 8.87. The minimum absolute atomic E-state index is 0.0565. The molecule has 1 amide bonds. The molecule has 126 valence electrons. The fraction of sp³-hybridized carbons (Fsp3) is 0.263. The summed E-state index contributed by atoms with van der Waals surface area (Å²) in [5.74, 6) is -0.0565. The van der Waals surface area contributed by atoms with E-state index in [0.717, 1.165) is 30.6 Å². The van der Waals surface area contributed by atoms with Crippen LogP contribution < -0.4 is 0 Å². The summed E-state index contributed by atoms with van der Waals surface area (Å²) in [6, 6.07) is 13.7. The summed E-state index contributed by atoms with van der Waals surface area (Å²) in [4.78, 5) is 20.6. The molecule has 1 aromatic carbocycles. The average Bonchev–Trinajstić information content (AvgIpc) is 3.30. The number of likely N-dealkylation sites (tertiary alicyclic amines) is 1. The second-order valence-electron chi connectivity index (χ2n) is 6.20. The van der Waals surface area contributed by atoms with Gasteiger partial charge in [0, 0.05) is 18.9 Å². The third-order valence-electron chi connectivity index (χ3n) is 4.58. The first-order valence-corrected chi connectivity index (χ1v) is 8.44. The first kappa shape index (κ1) is 15.5. The van der Waals surface area contributed by atoms with Crippen LogP contribution in [0.2, 0.25) is 0 Å². The number of aromatic nitrogens is 4. The number of pyridine rings is 1. The molecule has 3 aromatic rings. The lowest BCUT2D eigenvalue weighted by Gasteiger charge is -2.24. The van der Waals surface area contributed by atoms with Gasteiger partial charge in [-0.1, -0.05) is 18.2 Å². The van der Waals surface area contributed by atoms with Gasteiger partial charge in [0.15, 0.2) is 5.69 Å². The number of carbonyl (C=O) groups excluding carboxylic acids is 1. The summed E-state index contributed by atoms with van der Waals surface area (Å²) in [7, 11) is 0. The topological polar surface area (TPSA) is 63.9 Å². The van der Waals surface area contributed by atoms with E-state index < -0.39 is 0 Å². The van der Waals surface area contributed by atoms with Crippen LogP contribution in [-0.2, 0) is 0 Å². The highest BCUT2D eigenvalue weighted by Crippen LogP contribution is 2.32. The van der Waals surface area contributed by atoms with Gasteiger partial charge in [0.1, 0.15) is 0 Å². The summed E-state index contributed by atoms with van der Waals surface area (Å²) < 4.78 is 0. The molecule has 1 fully saturated rings. The molecule has 1 aliphatic rings. The number of carbonyl (C=O) groups is 1. The Morgan fingerprint density at radius 3 is 2.60 bits per heavy atom. The van der Waals surface area contributed by atoms with Gasteiger partial charge in [0.25, 0.3) is 5.91 Å². The zero-order valence-electron chi connectivity index (χ0n) is 14.0. The Morgan fingerprint density at radius 1 is 1.08 bits per heavy atom. The van der Waals surface area contributed by atoms with Crippen molar-refractivity contribution in [2.45, 2.75) is 25.8 Å². The summed E-state index contributed by atoms with van der Waals surface area (Å²) in [6.45, 7) is 2.57. The molecule has 0 spiro atoms. The van der Waals surface area contributed by atoms with Crippen molar-refractivity contribution in [3.63, 3.8) is 0 Å². The predicted octanol–water partition coefficient (Wildman–Crippen LogP) is 2.95. The van der Waals surface area contributed by atoms with E-state index in [1.54, 1.807) is 12.4 Å². The van der Waals surface area contributed by atoms with Crippen LogP contribution in [0.3, 0.4) is 0 Å². The monoisotopic (exact) mass is 333 g/mol. The zero-order valence-corrected chi connectivity index (χ0v) is 14.0. The highest BCUT2D eigenvalue weighted by atomic mass is 16.2. The van der Waals surface area contributed by atoms with Crippen molar-refractivity contribution in [3.8, 4) is 5.69 Å². The molecule has 25 heavy (non-hydrogen) atoms.